The monoisotopic (exact) mass is 169 g/mol. The summed E-state index contributed by atoms with van der Waals surface area (Å²) in [5.74, 6) is 0. The van der Waals surface area contributed by atoms with Crippen molar-refractivity contribution in [2.24, 2.45) is 10.6 Å². The van der Waals surface area contributed by atoms with Gasteiger partial charge in [0.2, 0.25) is 0 Å². The molecule has 0 unspecified atom stereocenters. The van der Waals surface area contributed by atoms with Crippen molar-refractivity contribution in [1.29, 1.82) is 0 Å². The van der Waals surface area contributed by atoms with E-state index in [1.165, 1.54) is 0 Å². The first-order chi connectivity index (χ1) is 5.45. The highest BCUT2D eigenvalue weighted by molar-refractivity contribution is 5.81. The maximum Gasteiger partial charge on any atom is 0.135 e. The Hall–Kier alpha value is -0.790. The molecule has 70 valence electrons. The molecule has 0 spiro atoms. The van der Waals surface area contributed by atoms with E-state index in [0.29, 0.717) is 6.61 Å². The molecule has 0 bridgehead atoms. The van der Waals surface area contributed by atoms with E-state index >= 15 is 0 Å². The largest absolute Gasteiger partial charge is 0.392 e. The average molecular weight is 169 g/mol. The number of oxime groups is 1. The van der Waals surface area contributed by atoms with E-state index in [4.69, 9.17) is 4.84 Å². The third kappa shape index (κ3) is 7.32. The number of hydrogen-bond acceptors (Lipinski definition) is 2. The molecule has 0 saturated heterocycles. The Morgan fingerprint density at radius 2 is 2.08 bits per heavy atom. The Labute approximate surface area is 75.3 Å². The lowest BCUT2D eigenvalue weighted by atomic mass is 9.90. The van der Waals surface area contributed by atoms with Crippen LogP contribution in [-0.2, 0) is 4.84 Å². The lowest BCUT2D eigenvalue weighted by Gasteiger charge is -2.16. The molecule has 0 fully saturated rings. The first kappa shape index (κ1) is 11.2. The van der Waals surface area contributed by atoms with E-state index in [2.05, 4.69) is 32.5 Å². The maximum atomic E-state index is 4.96. The minimum atomic E-state index is 0.283. The fourth-order valence-electron chi connectivity index (χ4n) is 1.000. The van der Waals surface area contributed by atoms with E-state index in [0.717, 1.165) is 12.1 Å². The van der Waals surface area contributed by atoms with Crippen molar-refractivity contribution >= 4 is 5.71 Å². The molecule has 0 aliphatic carbocycles. The van der Waals surface area contributed by atoms with Gasteiger partial charge in [0.25, 0.3) is 0 Å². The SMILES string of the molecule is C=CCO/N=C(\C)CC(C)(C)C. The molecule has 0 aromatic rings. The molecule has 0 aromatic heterocycles. The van der Waals surface area contributed by atoms with Crippen molar-refractivity contribution in [2.45, 2.75) is 34.1 Å². The number of hydrogen-bond donors (Lipinski definition) is 0. The summed E-state index contributed by atoms with van der Waals surface area (Å²) in [6.45, 7) is 12.5. The summed E-state index contributed by atoms with van der Waals surface area (Å²) in [6.07, 6.45) is 2.65. The van der Waals surface area contributed by atoms with E-state index in [1.54, 1.807) is 6.08 Å². The van der Waals surface area contributed by atoms with Crippen LogP contribution in [0.1, 0.15) is 34.1 Å². The van der Waals surface area contributed by atoms with Crippen LogP contribution in [-0.4, -0.2) is 12.3 Å². The Kier molecular flexibility index (Phi) is 4.64. The summed E-state index contributed by atoms with van der Waals surface area (Å²) in [5.41, 5.74) is 1.31. The minimum Gasteiger partial charge on any atom is -0.392 e. The van der Waals surface area contributed by atoms with Crippen molar-refractivity contribution in [3.05, 3.63) is 12.7 Å². The fourth-order valence-corrected chi connectivity index (χ4v) is 1.000. The lowest BCUT2D eigenvalue weighted by Crippen LogP contribution is -2.10. The van der Waals surface area contributed by atoms with Crippen molar-refractivity contribution in [2.75, 3.05) is 6.61 Å². The highest BCUT2D eigenvalue weighted by Crippen LogP contribution is 2.18. The summed E-state index contributed by atoms with van der Waals surface area (Å²) < 4.78 is 0. The predicted molar refractivity (Wildman–Crippen MR) is 53.3 cm³/mol. The maximum absolute atomic E-state index is 4.96. The van der Waals surface area contributed by atoms with E-state index in [9.17, 15) is 0 Å². The molecule has 0 aromatic carbocycles. The topological polar surface area (TPSA) is 21.6 Å². The van der Waals surface area contributed by atoms with E-state index in [-0.39, 0.29) is 5.41 Å². The van der Waals surface area contributed by atoms with Crippen LogP contribution in [0.2, 0.25) is 0 Å². The second-order valence-electron chi connectivity index (χ2n) is 4.15. The molecule has 0 radical (unpaired) electrons. The number of rotatable bonds is 4. The summed E-state index contributed by atoms with van der Waals surface area (Å²) in [4.78, 5) is 4.96. The Morgan fingerprint density at radius 3 is 2.50 bits per heavy atom. The molecule has 0 aliphatic heterocycles. The first-order valence-electron chi connectivity index (χ1n) is 4.22. The molecule has 0 saturated carbocycles. The lowest BCUT2D eigenvalue weighted by molar-refractivity contribution is 0.172. The Morgan fingerprint density at radius 1 is 1.50 bits per heavy atom. The van der Waals surface area contributed by atoms with Gasteiger partial charge in [-0.3, -0.25) is 0 Å². The molecule has 0 amide bonds. The van der Waals surface area contributed by atoms with Gasteiger partial charge >= 0.3 is 0 Å². The van der Waals surface area contributed by atoms with Gasteiger partial charge in [0.05, 0.1) is 5.71 Å². The zero-order valence-corrected chi connectivity index (χ0v) is 8.55. The van der Waals surface area contributed by atoms with Crippen LogP contribution >= 0.6 is 0 Å². The highest BCUT2D eigenvalue weighted by Gasteiger charge is 2.11. The van der Waals surface area contributed by atoms with Crippen molar-refractivity contribution in [3.63, 3.8) is 0 Å². The third-order valence-corrected chi connectivity index (χ3v) is 1.20. The van der Waals surface area contributed by atoms with Gasteiger partial charge in [-0.05, 0) is 18.8 Å². The normalized spacial score (nSPS) is 12.8. The smallest absolute Gasteiger partial charge is 0.135 e. The average Bonchev–Trinajstić information content (AvgIpc) is 1.84. The van der Waals surface area contributed by atoms with Crippen molar-refractivity contribution < 1.29 is 4.84 Å². The van der Waals surface area contributed by atoms with Gasteiger partial charge in [0.15, 0.2) is 0 Å². The van der Waals surface area contributed by atoms with Crippen LogP contribution in [0, 0.1) is 5.41 Å². The first-order valence-corrected chi connectivity index (χ1v) is 4.22. The van der Waals surface area contributed by atoms with Gasteiger partial charge in [-0.1, -0.05) is 38.6 Å². The molecule has 12 heavy (non-hydrogen) atoms. The second kappa shape index (κ2) is 4.96. The molecule has 0 N–H and O–H groups in total. The Balaban J connectivity index is 3.77. The second-order valence-corrected chi connectivity index (χ2v) is 4.15. The van der Waals surface area contributed by atoms with Gasteiger partial charge in [0, 0.05) is 0 Å². The summed E-state index contributed by atoms with van der Waals surface area (Å²) >= 11 is 0. The minimum absolute atomic E-state index is 0.283. The molecule has 0 rings (SSSR count). The van der Waals surface area contributed by atoms with E-state index < -0.39 is 0 Å². The van der Waals surface area contributed by atoms with Gasteiger partial charge in [-0.2, -0.15) is 0 Å². The van der Waals surface area contributed by atoms with Crippen LogP contribution in [0.4, 0.5) is 0 Å². The summed E-state index contributed by atoms with van der Waals surface area (Å²) in [6, 6.07) is 0. The van der Waals surface area contributed by atoms with Gasteiger partial charge < -0.3 is 4.84 Å². The van der Waals surface area contributed by atoms with Crippen LogP contribution in [0.5, 0.6) is 0 Å². The molecule has 0 heterocycles. The molecule has 0 aliphatic rings. The molecule has 2 nitrogen and oxygen atoms in total. The molecule has 0 atom stereocenters. The zero-order chi connectivity index (χ0) is 9.61. The van der Waals surface area contributed by atoms with Crippen molar-refractivity contribution in [1.82, 2.24) is 0 Å². The highest BCUT2D eigenvalue weighted by atomic mass is 16.6. The van der Waals surface area contributed by atoms with Gasteiger partial charge in [0.1, 0.15) is 6.61 Å². The zero-order valence-electron chi connectivity index (χ0n) is 8.55. The van der Waals surface area contributed by atoms with E-state index in [1.807, 2.05) is 6.92 Å². The van der Waals surface area contributed by atoms with Crippen LogP contribution in [0.3, 0.4) is 0 Å². The van der Waals surface area contributed by atoms with Crippen molar-refractivity contribution in [3.8, 4) is 0 Å². The molecular formula is C10H19NO. The standard InChI is InChI=1S/C10H19NO/c1-6-7-12-11-9(2)8-10(3,4)5/h6H,1,7-8H2,2-5H3/b11-9+. The predicted octanol–water partition coefficient (Wildman–Crippen LogP) is 3.00. The van der Waals surface area contributed by atoms with Gasteiger partial charge in [-0.15, -0.1) is 0 Å². The number of nitrogens with zero attached hydrogens (tertiary/aromatic N) is 1. The van der Waals surface area contributed by atoms with Crippen LogP contribution in [0.15, 0.2) is 17.8 Å². The Bertz CT molecular complexity index is 165. The fraction of sp³-hybridized carbons (Fsp3) is 0.700. The summed E-state index contributed by atoms with van der Waals surface area (Å²) in [5, 5.41) is 3.94. The third-order valence-electron chi connectivity index (χ3n) is 1.20. The van der Waals surface area contributed by atoms with Crippen LogP contribution in [0.25, 0.3) is 0 Å². The molecule has 2 heteroatoms. The quantitative estimate of drug-likeness (QED) is 0.274. The summed E-state index contributed by atoms with van der Waals surface area (Å²) in [7, 11) is 0. The van der Waals surface area contributed by atoms with Gasteiger partial charge in [-0.25, -0.2) is 0 Å². The molecular weight excluding hydrogens is 150 g/mol. The van der Waals surface area contributed by atoms with Crippen LogP contribution < -0.4 is 0 Å².